The van der Waals surface area contributed by atoms with Crippen molar-refractivity contribution in [2.24, 2.45) is 0 Å². The molecule has 130 valence electrons. The van der Waals surface area contributed by atoms with Crippen LogP contribution < -0.4 is 10.1 Å². The predicted octanol–water partition coefficient (Wildman–Crippen LogP) is 4.20. The fraction of sp³-hybridized carbons (Fsp3) is 0.300. The Morgan fingerprint density at radius 1 is 1.04 bits per heavy atom. The lowest BCUT2D eigenvalue weighted by molar-refractivity contribution is -0.121. The lowest BCUT2D eigenvalue weighted by atomic mass is 10.3. The monoisotopic (exact) mass is 354 g/mol. The van der Waals surface area contributed by atoms with Crippen molar-refractivity contribution in [3.8, 4) is 5.75 Å². The Hall–Kier alpha value is -2.40. The third kappa shape index (κ3) is 5.57. The molecule has 3 rings (SSSR count). The largest absolute Gasteiger partial charge is 0.494 e. The maximum atomic E-state index is 11.8. The molecule has 25 heavy (non-hydrogen) atoms. The van der Waals surface area contributed by atoms with Crippen LogP contribution in [0, 0.1) is 0 Å². The zero-order chi connectivity index (χ0) is 17.3. The number of carbonyl (C=O) groups excluding carboxylic acids is 1. The summed E-state index contributed by atoms with van der Waals surface area (Å²) in [6, 6.07) is 17.8. The van der Waals surface area contributed by atoms with Gasteiger partial charge in [0.1, 0.15) is 5.75 Å². The quantitative estimate of drug-likeness (QED) is 0.586. The summed E-state index contributed by atoms with van der Waals surface area (Å²) in [5.74, 6) is 0.930. The van der Waals surface area contributed by atoms with Gasteiger partial charge in [0.25, 0.3) is 0 Å². The van der Waals surface area contributed by atoms with Crippen molar-refractivity contribution in [1.82, 2.24) is 10.3 Å². The molecule has 0 fully saturated rings. The van der Waals surface area contributed by atoms with Gasteiger partial charge < -0.3 is 10.1 Å². The van der Waals surface area contributed by atoms with Crippen LogP contribution in [0.3, 0.4) is 0 Å². The van der Waals surface area contributed by atoms with Crippen molar-refractivity contribution in [1.29, 1.82) is 0 Å². The van der Waals surface area contributed by atoms with Crippen LogP contribution >= 0.6 is 11.3 Å². The number of aryl methyl sites for hydroxylation is 1. The van der Waals surface area contributed by atoms with E-state index in [9.17, 15) is 4.79 Å². The number of ether oxygens (including phenoxy) is 1. The van der Waals surface area contributed by atoms with Gasteiger partial charge in [0.15, 0.2) is 0 Å². The Kier molecular flexibility index (Phi) is 6.40. The van der Waals surface area contributed by atoms with Gasteiger partial charge in [0, 0.05) is 19.4 Å². The lowest BCUT2D eigenvalue weighted by Crippen LogP contribution is -2.24. The second-order valence-electron chi connectivity index (χ2n) is 5.79. The molecule has 0 aliphatic heterocycles. The van der Waals surface area contributed by atoms with E-state index in [0.29, 0.717) is 19.6 Å². The number of benzene rings is 2. The Bertz CT molecular complexity index is 769. The van der Waals surface area contributed by atoms with Crippen LogP contribution in [0.1, 0.15) is 24.3 Å². The van der Waals surface area contributed by atoms with E-state index in [-0.39, 0.29) is 5.91 Å². The highest BCUT2D eigenvalue weighted by molar-refractivity contribution is 7.18. The van der Waals surface area contributed by atoms with Gasteiger partial charge in [-0.05, 0) is 37.1 Å². The first-order valence-corrected chi connectivity index (χ1v) is 9.42. The van der Waals surface area contributed by atoms with Gasteiger partial charge in [-0.25, -0.2) is 4.98 Å². The van der Waals surface area contributed by atoms with Gasteiger partial charge in [0.2, 0.25) is 5.91 Å². The van der Waals surface area contributed by atoms with Crippen LogP contribution in [0.2, 0.25) is 0 Å². The van der Waals surface area contributed by atoms with E-state index in [1.807, 2.05) is 48.5 Å². The summed E-state index contributed by atoms with van der Waals surface area (Å²) >= 11 is 1.73. The van der Waals surface area contributed by atoms with Gasteiger partial charge in [-0.3, -0.25) is 4.79 Å². The first-order valence-electron chi connectivity index (χ1n) is 8.60. The fourth-order valence-electron chi connectivity index (χ4n) is 2.52. The van der Waals surface area contributed by atoms with Gasteiger partial charge in [0.05, 0.1) is 21.8 Å². The Balaban J connectivity index is 1.27. The number of fused-ring (bicyclic) bond motifs is 1. The first kappa shape index (κ1) is 17.4. The van der Waals surface area contributed by atoms with Crippen LogP contribution in [0.4, 0.5) is 0 Å². The molecule has 0 aliphatic rings. The second-order valence-corrected chi connectivity index (χ2v) is 6.91. The van der Waals surface area contributed by atoms with Crippen molar-refractivity contribution >= 4 is 27.5 Å². The number of nitrogens with one attached hydrogen (secondary N) is 1. The molecule has 4 nitrogen and oxygen atoms in total. The molecule has 1 aromatic heterocycles. The number of rotatable bonds is 9. The molecule has 1 amide bonds. The average molecular weight is 354 g/mol. The molecule has 0 saturated heterocycles. The molecule has 0 aliphatic carbocycles. The highest BCUT2D eigenvalue weighted by Crippen LogP contribution is 2.22. The van der Waals surface area contributed by atoms with Crippen molar-refractivity contribution < 1.29 is 9.53 Å². The number of thiazole rings is 1. The highest BCUT2D eigenvalue weighted by Gasteiger charge is 2.04. The topological polar surface area (TPSA) is 51.2 Å². The van der Waals surface area contributed by atoms with Crippen LogP contribution in [0.15, 0.2) is 54.6 Å². The molecule has 3 aromatic rings. The maximum Gasteiger partial charge on any atom is 0.220 e. The summed E-state index contributed by atoms with van der Waals surface area (Å²) in [4.78, 5) is 16.4. The fourth-order valence-corrected chi connectivity index (χ4v) is 3.53. The lowest BCUT2D eigenvalue weighted by Gasteiger charge is -2.06. The van der Waals surface area contributed by atoms with Crippen LogP contribution in [0.25, 0.3) is 10.2 Å². The predicted molar refractivity (Wildman–Crippen MR) is 102 cm³/mol. The summed E-state index contributed by atoms with van der Waals surface area (Å²) in [7, 11) is 0. The third-order valence-electron chi connectivity index (χ3n) is 3.79. The SMILES string of the molecule is O=C(CCCOc1ccccc1)NCCCc1nc2ccccc2s1. The van der Waals surface area contributed by atoms with E-state index in [1.54, 1.807) is 11.3 Å². The maximum absolute atomic E-state index is 11.8. The van der Waals surface area contributed by atoms with E-state index in [0.717, 1.165) is 35.5 Å². The second kappa shape index (κ2) is 9.18. The summed E-state index contributed by atoms with van der Waals surface area (Å²) in [6.07, 6.45) is 3.02. The minimum Gasteiger partial charge on any atom is -0.494 e. The van der Waals surface area contributed by atoms with E-state index >= 15 is 0 Å². The van der Waals surface area contributed by atoms with Crippen molar-refractivity contribution in [3.05, 3.63) is 59.6 Å². The molecule has 0 radical (unpaired) electrons. The number of para-hydroxylation sites is 2. The normalized spacial score (nSPS) is 10.7. The molecule has 0 spiro atoms. The van der Waals surface area contributed by atoms with Gasteiger partial charge in [-0.2, -0.15) is 0 Å². The summed E-state index contributed by atoms with van der Waals surface area (Å²) < 4.78 is 6.80. The number of hydrogen-bond acceptors (Lipinski definition) is 4. The van der Waals surface area contributed by atoms with Crippen LogP contribution in [-0.2, 0) is 11.2 Å². The molecule has 0 atom stereocenters. The van der Waals surface area contributed by atoms with Gasteiger partial charge in [-0.1, -0.05) is 30.3 Å². The Morgan fingerprint density at radius 3 is 2.68 bits per heavy atom. The molecule has 0 saturated carbocycles. The molecule has 1 heterocycles. The summed E-state index contributed by atoms with van der Waals surface area (Å²) in [5, 5.41) is 4.10. The molecule has 5 heteroatoms. The van der Waals surface area contributed by atoms with Crippen molar-refractivity contribution in [2.75, 3.05) is 13.2 Å². The number of nitrogens with zero attached hydrogens (tertiary/aromatic N) is 1. The number of aromatic nitrogens is 1. The Labute approximate surface area is 151 Å². The number of amides is 1. The number of carbonyl (C=O) groups is 1. The van der Waals surface area contributed by atoms with E-state index < -0.39 is 0 Å². The van der Waals surface area contributed by atoms with Gasteiger partial charge in [-0.15, -0.1) is 11.3 Å². The van der Waals surface area contributed by atoms with Crippen LogP contribution in [0.5, 0.6) is 5.75 Å². The number of hydrogen-bond donors (Lipinski definition) is 1. The zero-order valence-corrected chi connectivity index (χ0v) is 14.9. The smallest absolute Gasteiger partial charge is 0.220 e. The standard InChI is InChI=1S/C20H22N2O2S/c23-19(12-7-15-24-16-8-2-1-3-9-16)21-14-6-13-20-22-17-10-4-5-11-18(17)25-20/h1-5,8-11H,6-7,12-15H2,(H,21,23). The summed E-state index contributed by atoms with van der Waals surface area (Å²) in [5.41, 5.74) is 1.06. The van der Waals surface area contributed by atoms with Gasteiger partial charge >= 0.3 is 0 Å². The average Bonchev–Trinajstić information content (AvgIpc) is 3.06. The minimum atomic E-state index is 0.0842. The first-order chi connectivity index (χ1) is 12.3. The third-order valence-corrected chi connectivity index (χ3v) is 4.88. The molecular formula is C20H22N2O2S. The molecule has 0 unspecified atom stereocenters. The van der Waals surface area contributed by atoms with Crippen molar-refractivity contribution in [3.63, 3.8) is 0 Å². The zero-order valence-electron chi connectivity index (χ0n) is 14.1. The Morgan fingerprint density at radius 2 is 1.84 bits per heavy atom. The van der Waals surface area contributed by atoms with Crippen molar-refractivity contribution in [2.45, 2.75) is 25.7 Å². The van der Waals surface area contributed by atoms with E-state index in [4.69, 9.17) is 4.74 Å². The van der Waals surface area contributed by atoms with Crippen LogP contribution in [-0.4, -0.2) is 24.0 Å². The van der Waals surface area contributed by atoms with E-state index in [2.05, 4.69) is 16.4 Å². The summed E-state index contributed by atoms with van der Waals surface area (Å²) in [6.45, 7) is 1.25. The molecular weight excluding hydrogens is 332 g/mol. The highest BCUT2D eigenvalue weighted by atomic mass is 32.1. The van der Waals surface area contributed by atoms with E-state index in [1.165, 1.54) is 4.70 Å². The molecule has 1 N–H and O–H groups in total. The minimum absolute atomic E-state index is 0.0842. The molecule has 2 aromatic carbocycles. The molecule has 0 bridgehead atoms.